The van der Waals surface area contributed by atoms with Crippen molar-refractivity contribution in [3.63, 3.8) is 0 Å². The molecule has 0 unspecified atom stereocenters. The van der Waals surface area contributed by atoms with Gasteiger partial charge in [-0.15, -0.1) is 0 Å². The number of alkyl halides is 2. The van der Waals surface area contributed by atoms with Gasteiger partial charge in [0, 0.05) is 0 Å². The Morgan fingerprint density at radius 2 is 2.00 bits per heavy atom. The fraction of sp³-hybridized carbons (Fsp3) is 0.364. The van der Waals surface area contributed by atoms with Crippen LogP contribution in [0, 0.1) is 0 Å². The lowest BCUT2D eigenvalue weighted by Gasteiger charge is -2.21. The van der Waals surface area contributed by atoms with Crippen molar-refractivity contribution in [2.24, 2.45) is 5.73 Å². The van der Waals surface area contributed by atoms with Gasteiger partial charge < -0.3 is 15.6 Å². The zero-order valence-corrected chi connectivity index (χ0v) is 9.19. The molecule has 1 aromatic rings. The van der Waals surface area contributed by atoms with E-state index in [0.29, 0.717) is 0 Å². The maximum absolute atomic E-state index is 13.1. The average Bonchev–Trinajstić information content (AvgIpc) is 2.37. The molecule has 6 heteroatoms. The predicted molar refractivity (Wildman–Crippen MR) is 56.7 cm³/mol. The number of aliphatic hydroxyl groups excluding tert-OH is 1. The van der Waals surface area contributed by atoms with Gasteiger partial charge in [-0.25, -0.2) is 13.6 Å². The Morgan fingerprint density at radius 3 is 2.41 bits per heavy atom. The largest absolute Gasteiger partial charge is 0.465 e. The first-order valence-electron chi connectivity index (χ1n) is 4.85. The maximum Gasteiger partial charge on any atom is 0.337 e. The lowest BCUT2D eigenvalue weighted by molar-refractivity contribution is -0.0711. The number of carbonyl (C=O) groups is 1. The van der Waals surface area contributed by atoms with E-state index in [0.717, 1.165) is 0 Å². The minimum Gasteiger partial charge on any atom is -0.465 e. The fourth-order valence-electron chi connectivity index (χ4n) is 1.29. The Bertz CT molecular complexity index is 392. The number of carbonyl (C=O) groups excluding carboxylic acids is 1. The van der Waals surface area contributed by atoms with Crippen molar-refractivity contribution < 1.29 is 23.4 Å². The quantitative estimate of drug-likeness (QED) is 0.779. The Labute approximate surface area is 97.0 Å². The first-order valence-corrected chi connectivity index (χ1v) is 4.85. The molecule has 0 heterocycles. The standard InChI is InChI=1S/C11H13F2NO3/c1-17-10(16)8-4-2-7(3-5-8)9(14)11(12,13)6-15/h2-5,9,15H,6,14H2,1H3/t9-/m1/s1. The number of rotatable bonds is 4. The van der Waals surface area contributed by atoms with E-state index < -0.39 is 24.5 Å². The summed E-state index contributed by atoms with van der Waals surface area (Å²) in [6.07, 6.45) is 0. The highest BCUT2D eigenvalue weighted by atomic mass is 19.3. The van der Waals surface area contributed by atoms with Crippen LogP contribution in [-0.2, 0) is 4.74 Å². The monoisotopic (exact) mass is 245 g/mol. The number of aliphatic hydroxyl groups is 1. The predicted octanol–water partition coefficient (Wildman–Crippen LogP) is 1.10. The zero-order valence-electron chi connectivity index (χ0n) is 9.19. The van der Waals surface area contributed by atoms with E-state index in [2.05, 4.69) is 4.74 Å². The SMILES string of the molecule is COC(=O)c1ccc([C@@H](N)C(F)(F)CO)cc1. The number of esters is 1. The van der Waals surface area contributed by atoms with Gasteiger partial charge in [-0.05, 0) is 17.7 Å². The van der Waals surface area contributed by atoms with E-state index in [1.807, 2.05) is 0 Å². The van der Waals surface area contributed by atoms with Crippen molar-refractivity contribution in [1.29, 1.82) is 0 Å². The van der Waals surface area contributed by atoms with Crippen LogP contribution in [0.1, 0.15) is 22.0 Å². The van der Waals surface area contributed by atoms with Gasteiger partial charge in [0.1, 0.15) is 6.61 Å². The van der Waals surface area contributed by atoms with Crippen molar-refractivity contribution in [3.05, 3.63) is 35.4 Å². The fourth-order valence-corrected chi connectivity index (χ4v) is 1.29. The Kier molecular flexibility index (Phi) is 4.14. The normalized spacial score (nSPS) is 13.2. The van der Waals surface area contributed by atoms with Gasteiger partial charge in [-0.2, -0.15) is 0 Å². The third kappa shape index (κ3) is 2.98. The molecular formula is C11H13F2NO3. The highest BCUT2D eigenvalue weighted by molar-refractivity contribution is 5.89. The summed E-state index contributed by atoms with van der Waals surface area (Å²) in [6, 6.07) is 3.68. The summed E-state index contributed by atoms with van der Waals surface area (Å²) in [7, 11) is 1.22. The van der Waals surface area contributed by atoms with Gasteiger partial charge in [0.15, 0.2) is 0 Å². The molecule has 0 radical (unpaired) electrons. The van der Waals surface area contributed by atoms with Crippen LogP contribution in [0.15, 0.2) is 24.3 Å². The highest BCUT2D eigenvalue weighted by Crippen LogP contribution is 2.28. The number of benzene rings is 1. The minimum absolute atomic E-state index is 0.136. The molecule has 1 rings (SSSR count). The minimum atomic E-state index is -3.40. The Morgan fingerprint density at radius 1 is 1.47 bits per heavy atom. The maximum atomic E-state index is 13.1. The first-order chi connectivity index (χ1) is 7.92. The van der Waals surface area contributed by atoms with Gasteiger partial charge >= 0.3 is 5.97 Å². The van der Waals surface area contributed by atoms with E-state index in [1.165, 1.54) is 31.4 Å². The first kappa shape index (κ1) is 13.5. The molecule has 0 spiro atoms. The average molecular weight is 245 g/mol. The van der Waals surface area contributed by atoms with E-state index >= 15 is 0 Å². The molecule has 94 valence electrons. The molecule has 0 saturated carbocycles. The van der Waals surface area contributed by atoms with E-state index in [-0.39, 0.29) is 11.1 Å². The number of nitrogens with two attached hydrogens (primary N) is 1. The van der Waals surface area contributed by atoms with Crippen LogP contribution in [0.5, 0.6) is 0 Å². The van der Waals surface area contributed by atoms with Crippen molar-refractivity contribution in [1.82, 2.24) is 0 Å². The molecule has 0 amide bonds. The van der Waals surface area contributed by atoms with Gasteiger partial charge in [-0.1, -0.05) is 12.1 Å². The molecule has 17 heavy (non-hydrogen) atoms. The molecule has 1 atom stereocenters. The second-order valence-corrected chi connectivity index (χ2v) is 3.51. The van der Waals surface area contributed by atoms with Crippen LogP contribution in [0.2, 0.25) is 0 Å². The molecular weight excluding hydrogens is 232 g/mol. The van der Waals surface area contributed by atoms with Crippen molar-refractivity contribution in [2.45, 2.75) is 12.0 Å². The summed E-state index contributed by atoms with van der Waals surface area (Å²) in [5, 5.41) is 8.50. The number of hydrogen-bond donors (Lipinski definition) is 2. The molecule has 4 nitrogen and oxygen atoms in total. The zero-order chi connectivity index (χ0) is 13.1. The Balaban J connectivity index is 2.91. The van der Waals surface area contributed by atoms with Gasteiger partial charge in [0.05, 0.1) is 18.7 Å². The van der Waals surface area contributed by atoms with Crippen molar-refractivity contribution in [2.75, 3.05) is 13.7 Å². The third-order valence-electron chi connectivity index (χ3n) is 2.36. The van der Waals surface area contributed by atoms with E-state index in [1.54, 1.807) is 0 Å². The number of ether oxygens (including phenoxy) is 1. The van der Waals surface area contributed by atoms with Crippen molar-refractivity contribution in [3.8, 4) is 0 Å². The second kappa shape index (κ2) is 5.20. The molecule has 0 saturated heterocycles. The molecule has 0 aliphatic carbocycles. The molecule has 1 aromatic carbocycles. The molecule has 0 aromatic heterocycles. The molecule has 0 bridgehead atoms. The van der Waals surface area contributed by atoms with E-state index in [9.17, 15) is 13.6 Å². The molecule has 0 aliphatic rings. The number of methoxy groups -OCH3 is 1. The summed E-state index contributed by atoms with van der Waals surface area (Å²) < 4.78 is 30.6. The lowest BCUT2D eigenvalue weighted by Crippen LogP contribution is -2.36. The summed E-state index contributed by atoms with van der Waals surface area (Å²) in [5.74, 6) is -3.95. The van der Waals surface area contributed by atoms with Crippen LogP contribution in [0.25, 0.3) is 0 Å². The number of halogens is 2. The van der Waals surface area contributed by atoms with Gasteiger partial charge in [-0.3, -0.25) is 0 Å². The van der Waals surface area contributed by atoms with Crippen LogP contribution in [0.4, 0.5) is 8.78 Å². The lowest BCUT2D eigenvalue weighted by atomic mass is 10.0. The second-order valence-electron chi connectivity index (χ2n) is 3.51. The van der Waals surface area contributed by atoms with Crippen LogP contribution < -0.4 is 5.73 Å². The smallest absolute Gasteiger partial charge is 0.337 e. The molecule has 0 fully saturated rings. The summed E-state index contributed by atoms with van der Waals surface area (Å²) in [4.78, 5) is 11.1. The number of hydrogen-bond acceptors (Lipinski definition) is 4. The van der Waals surface area contributed by atoms with Crippen molar-refractivity contribution >= 4 is 5.97 Å². The highest BCUT2D eigenvalue weighted by Gasteiger charge is 2.37. The van der Waals surface area contributed by atoms with Crippen LogP contribution in [0.3, 0.4) is 0 Å². The Hall–Kier alpha value is -1.53. The van der Waals surface area contributed by atoms with E-state index in [4.69, 9.17) is 10.8 Å². The van der Waals surface area contributed by atoms with Crippen LogP contribution >= 0.6 is 0 Å². The van der Waals surface area contributed by atoms with Gasteiger partial charge in [0.2, 0.25) is 0 Å². The summed E-state index contributed by atoms with van der Waals surface area (Å²) in [5.41, 5.74) is 5.70. The third-order valence-corrected chi connectivity index (χ3v) is 2.36. The van der Waals surface area contributed by atoms with Gasteiger partial charge in [0.25, 0.3) is 5.92 Å². The van der Waals surface area contributed by atoms with Crippen LogP contribution in [-0.4, -0.2) is 30.7 Å². The molecule has 0 aliphatic heterocycles. The topological polar surface area (TPSA) is 72.5 Å². The summed E-state index contributed by atoms with van der Waals surface area (Å²) in [6.45, 7) is -1.33. The summed E-state index contributed by atoms with van der Waals surface area (Å²) >= 11 is 0. The molecule has 3 N–H and O–H groups in total.